The fourth-order valence-corrected chi connectivity index (χ4v) is 4.98. The predicted molar refractivity (Wildman–Crippen MR) is 131 cm³/mol. The molecule has 0 aliphatic rings. The van der Waals surface area contributed by atoms with Crippen LogP contribution in [-0.4, -0.2) is 26.4 Å². The third-order valence-corrected chi connectivity index (χ3v) is 6.77. The van der Waals surface area contributed by atoms with Crippen LogP contribution in [0.2, 0.25) is 0 Å². The van der Waals surface area contributed by atoms with E-state index in [0.717, 1.165) is 31.7 Å². The molecule has 2 heterocycles. The molecule has 0 radical (unpaired) electrons. The van der Waals surface area contributed by atoms with E-state index in [0.29, 0.717) is 11.4 Å². The zero-order chi connectivity index (χ0) is 22.2. The number of nitrogens with one attached hydrogen (secondary N) is 1. The molecule has 2 aromatic heterocycles. The van der Waals surface area contributed by atoms with Crippen molar-refractivity contribution in [2.75, 3.05) is 11.1 Å². The van der Waals surface area contributed by atoms with E-state index < -0.39 is 0 Å². The second kappa shape index (κ2) is 8.48. The molecule has 1 amide bonds. The number of amides is 1. The van der Waals surface area contributed by atoms with E-state index in [1.165, 1.54) is 5.56 Å². The molecule has 7 heteroatoms. The van der Waals surface area contributed by atoms with Crippen molar-refractivity contribution >= 4 is 45.0 Å². The van der Waals surface area contributed by atoms with Gasteiger partial charge in [-0.25, -0.2) is 4.98 Å². The molecule has 5 nitrogen and oxygen atoms in total. The van der Waals surface area contributed by atoms with Crippen LogP contribution in [0.1, 0.15) is 49.3 Å². The fraction of sp³-hybridized carbons (Fsp3) is 0.292. The Labute approximate surface area is 190 Å². The summed E-state index contributed by atoms with van der Waals surface area (Å²) in [5.74, 6) is 1.42. The van der Waals surface area contributed by atoms with Gasteiger partial charge in [0, 0.05) is 16.5 Å². The van der Waals surface area contributed by atoms with E-state index in [1.54, 1.807) is 27.8 Å². The molecular weight excluding hydrogens is 424 g/mol. The molecule has 2 aromatic carbocycles. The third kappa shape index (κ3) is 4.67. The standard InChI is InChI=1S/C24H26N4OS2/c1-6-30-18-9-7-8-16(13-18)22(29)26-21-12-15(2)27-28(21)23-25-19-11-10-17(24(3,4)5)14-20(19)31-23/h7-14H,6H2,1-5H3,(H,26,29). The fourth-order valence-electron chi connectivity index (χ4n) is 3.29. The highest BCUT2D eigenvalue weighted by atomic mass is 32.2. The van der Waals surface area contributed by atoms with Crippen LogP contribution < -0.4 is 5.32 Å². The van der Waals surface area contributed by atoms with Crippen molar-refractivity contribution in [1.82, 2.24) is 14.8 Å². The van der Waals surface area contributed by atoms with Crippen LogP contribution in [0.25, 0.3) is 15.3 Å². The maximum Gasteiger partial charge on any atom is 0.256 e. The van der Waals surface area contributed by atoms with E-state index in [-0.39, 0.29) is 11.3 Å². The summed E-state index contributed by atoms with van der Waals surface area (Å²) < 4.78 is 2.83. The normalized spacial score (nSPS) is 11.8. The maximum atomic E-state index is 12.9. The van der Waals surface area contributed by atoms with Gasteiger partial charge < -0.3 is 5.32 Å². The molecule has 0 aliphatic heterocycles. The van der Waals surface area contributed by atoms with E-state index in [1.807, 2.05) is 37.3 Å². The van der Waals surface area contributed by atoms with Crippen LogP contribution in [0, 0.1) is 6.92 Å². The van der Waals surface area contributed by atoms with E-state index in [9.17, 15) is 4.79 Å². The summed E-state index contributed by atoms with van der Waals surface area (Å²) in [7, 11) is 0. The highest BCUT2D eigenvalue weighted by Gasteiger charge is 2.18. The van der Waals surface area contributed by atoms with Gasteiger partial charge in [-0.3, -0.25) is 4.79 Å². The molecule has 0 bridgehead atoms. The van der Waals surface area contributed by atoms with Crippen LogP contribution in [-0.2, 0) is 5.41 Å². The Morgan fingerprint density at radius 2 is 1.97 bits per heavy atom. The molecule has 0 unspecified atom stereocenters. The Hall–Kier alpha value is -2.64. The molecular formula is C24H26N4OS2. The maximum absolute atomic E-state index is 12.9. The Morgan fingerprint density at radius 3 is 2.71 bits per heavy atom. The van der Waals surface area contributed by atoms with Gasteiger partial charge in [-0.1, -0.05) is 51.2 Å². The Bertz CT molecular complexity index is 1250. The Balaban J connectivity index is 1.66. The van der Waals surface area contributed by atoms with Crippen molar-refractivity contribution in [3.63, 3.8) is 0 Å². The summed E-state index contributed by atoms with van der Waals surface area (Å²) in [6.07, 6.45) is 0. The number of hydrogen-bond acceptors (Lipinski definition) is 5. The smallest absolute Gasteiger partial charge is 0.256 e. The van der Waals surface area contributed by atoms with Gasteiger partial charge >= 0.3 is 0 Å². The lowest BCUT2D eigenvalue weighted by Gasteiger charge is -2.18. The highest BCUT2D eigenvalue weighted by molar-refractivity contribution is 7.99. The first-order chi connectivity index (χ1) is 14.7. The molecule has 0 saturated heterocycles. The number of rotatable bonds is 5. The summed E-state index contributed by atoms with van der Waals surface area (Å²) in [5.41, 5.74) is 3.72. The van der Waals surface area contributed by atoms with Crippen molar-refractivity contribution in [2.24, 2.45) is 0 Å². The second-order valence-corrected chi connectivity index (χ2v) is 10.8. The number of aryl methyl sites for hydroxylation is 1. The summed E-state index contributed by atoms with van der Waals surface area (Å²) in [6.45, 7) is 10.6. The van der Waals surface area contributed by atoms with Crippen molar-refractivity contribution < 1.29 is 4.79 Å². The number of carbonyl (C=O) groups is 1. The van der Waals surface area contributed by atoms with Crippen molar-refractivity contribution in [3.8, 4) is 5.13 Å². The number of hydrogen-bond donors (Lipinski definition) is 1. The SMILES string of the molecule is CCSc1cccc(C(=O)Nc2cc(C)nn2-c2nc3ccc(C(C)(C)C)cc3s2)c1. The summed E-state index contributed by atoms with van der Waals surface area (Å²) in [6, 6.07) is 15.9. The average Bonchev–Trinajstić information content (AvgIpc) is 3.30. The number of thiazole rings is 1. The lowest BCUT2D eigenvalue weighted by Crippen LogP contribution is -2.15. The molecule has 4 aromatic rings. The van der Waals surface area contributed by atoms with Crippen molar-refractivity contribution in [3.05, 3.63) is 65.4 Å². The molecule has 160 valence electrons. The number of anilines is 1. The summed E-state index contributed by atoms with van der Waals surface area (Å²) in [4.78, 5) is 18.8. The van der Waals surface area contributed by atoms with Crippen molar-refractivity contribution in [1.29, 1.82) is 0 Å². The Morgan fingerprint density at radius 1 is 1.16 bits per heavy atom. The number of benzene rings is 2. The molecule has 0 fully saturated rings. The number of nitrogens with zero attached hydrogens (tertiary/aromatic N) is 3. The van der Waals surface area contributed by atoms with Gasteiger partial charge in [0.2, 0.25) is 5.13 Å². The molecule has 0 aliphatic carbocycles. The number of aromatic nitrogens is 3. The largest absolute Gasteiger partial charge is 0.306 e. The first-order valence-electron chi connectivity index (χ1n) is 10.3. The van der Waals surface area contributed by atoms with Gasteiger partial charge in [-0.15, -0.1) is 11.8 Å². The van der Waals surface area contributed by atoms with Gasteiger partial charge in [0.1, 0.15) is 5.82 Å². The summed E-state index contributed by atoms with van der Waals surface area (Å²) in [5, 5.41) is 8.34. The zero-order valence-corrected chi connectivity index (χ0v) is 20.0. The molecule has 1 N–H and O–H groups in total. The van der Waals surface area contributed by atoms with E-state index >= 15 is 0 Å². The topological polar surface area (TPSA) is 59.8 Å². The van der Waals surface area contributed by atoms with Crippen LogP contribution in [0.3, 0.4) is 0 Å². The number of thioether (sulfide) groups is 1. The van der Waals surface area contributed by atoms with Gasteiger partial charge in [-0.2, -0.15) is 9.78 Å². The lowest BCUT2D eigenvalue weighted by atomic mass is 9.87. The van der Waals surface area contributed by atoms with E-state index in [4.69, 9.17) is 4.98 Å². The number of fused-ring (bicyclic) bond motifs is 1. The Kier molecular flexibility index (Phi) is 5.90. The number of carbonyl (C=O) groups excluding carboxylic acids is 1. The van der Waals surface area contributed by atoms with E-state index in [2.05, 4.69) is 56.3 Å². The highest BCUT2D eigenvalue weighted by Crippen LogP contribution is 2.32. The second-order valence-electron chi connectivity index (χ2n) is 8.43. The van der Waals surface area contributed by atoms with Gasteiger partial charge in [0.15, 0.2) is 0 Å². The molecule has 0 spiro atoms. The quantitative estimate of drug-likeness (QED) is 0.355. The lowest BCUT2D eigenvalue weighted by molar-refractivity contribution is 0.102. The monoisotopic (exact) mass is 450 g/mol. The predicted octanol–water partition coefficient (Wildman–Crippen LogP) is 6.45. The minimum atomic E-state index is -0.157. The van der Waals surface area contributed by atoms with Crippen molar-refractivity contribution in [2.45, 2.75) is 44.9 Å². The van der Waals surface area contributed by atoms with Crippen LogP contribution in [0.15, 0.2) is 53.4 Å². The molecule has 31 heavy (non-hydrogen) atoms. The minimum Gasteiger partial charge on any atom is -0.306 e. The van der Waals surface area contributed by atoms with Crippen LogP contribution in [0.5, 0.6) is 0 Å². The zero-order valence-electron chi connectivity index (χ0n) is 18.4. The van der Waals surface area contributed by atoms with Gasteiger partial charge in [-0.05, 0) is 54.0 Å². The summed E-state index contributed by atoms with van der Waals surface area (Å²) >= 11 is 3.29. The first-order valence-corrected chi connectivity index (χ1v) is 12.1. The van der Waals surface area contributed by atoms with Crippen LogP contribution >= 0.6 is 23.1 Å². The molecule has 0 atom stereocenters. The van der Waals surface area contributed by atoms with Crippen LogP contribution in [0.4, 0.5) is 5.82 Å². The van der Waals surface area contributed by atoms with Gasteiger partial charge in [0.25, 0.3) is 5.91 Å². The third-order valence-electron chi connectivity index (χ3n) is 4.90. The molecule has 4 rings (SSSR count). The first kappa shape index (κ1) is 21.6. The average molecular weight is 451 g/mol. The van der Waals surface area contributed by atoms with Gasteiger partial charge in [0.05, 0.1) is 15.9 Å². The minimum absolute atomic E-state index is 0.0738. The molecule has 0 saturated carbocycles.